The second kappa shape index (κ2) is 8.47. The van der Waals surface area contributed by atoms with Crippen LogP contribution in [0.15, 0.2) is 30.6 Å². The second-order valence-corrected chi connectivity index (χ2v) is 8.26. The largest absolute Gasteiger partial charge is 0.493 e. The Labute approximate surface area is 172 Å². The highest BCUT2D eigenvalue weighted by Crippen LogP contribution is 2.55. The number of methoxy groups -OCH3 is 2. The topological polar surface area (TPSA) is 65.4 Å². The first-order valence-corrected chi connectivity index (χ1v) is 10.6. The van der Waals surface area contributed by atoms with Gasteiger partial charge < -0.3 is 19.4 Å². The lowest BCUT2D eigenvalue weighted by molar-refractivity contribution is -0.125. The van der Waals surface area contributed by atoms with Crippen LogP contribution in [0.1, 0.15) is 49.4 Å². The fraction of sp³-hybridized carbons (Fsp3) is 0.565. The average molecular weight is 398 g/mol. The highest BCUT2D eigenvalue weighted by atomic mass is 16.5. The number of benzene rings is 1. The van der Waals surface area contributed by atoms with Crippen LogP contribution in [0, 0.1) is 18.8 Å². The minimum absolute atomic E-state index is 0.123. The molecule has 29 heavy (non-hydrogen) atoms. The third-order valence-corrected chi connectivity index (χ3v) is 6.81. The van der Waals surface area contributed by atoms with Crippen molar-refractivity contribution in [2.24, 2.45) is 11.8 Å². The van der Waals surface area contributed by atoms with E-state index in [2.05, 4.69) is 22.4 Å². The SMILES string of the molecule is COc1ccc([C@H]2[C@H]3CCCC[C@H]3[C@@H]2NC(=O)CCn2ccnc2C)cc1OC. The summed E-state index contributed by atoms with van der Waals surface area (Å²) >= 11 is 0. The van der Waals surface area contributed by atoms with E-state index < -0.39 is 0 Å². The maximum atomic E-state index is 12.7. The molecule has 0 aliphatic heterocycles. The maximum absolute atomic E-state index is 12.7. The number of fused-ring (bicyclic) bond motifs is 1. The Morgan fingerprint density at radius 2 is 1.93 bits per heavy atom. The van der Waals surface area contributed by atoms with Gasteiger partial charge in [-0.15, -0.1) is 0 Å². The molecule has 2 saturated carbocycles. The van der Waals surface area contributed by atoms with Crippen LogP contribution in [0.3, 0.4) is 0 Å². The molecule has 4 rings (SSSR count). The molecule has 0 bridgehead atoms. The lowest BCUT2D eigenvalue weighted by atomic mass is 9.53. The summed E-state index contributed by atoms with van der Waals surface area (Å²) in [4.78, 5) is 17.0. The summed E-state index contributed by atoms with van der Waals surface area (Å²) in [6.07, 6.45) is 9.18. The number of rotatable bonds is 7. The van der Waals surface area contributed by atoms with Crippen LogP contribution in [-0.4, -0.2) is 35.7 Å². The molecule has 1 N–H and O–H groups in total. The number of carbonyl (C=O) groups excluding carboxylic acids is 1. The van der Waals surface area contributed by atoms with E-state index in [0.29, 0.717) is 30.7 Å². The predicted octanol–water partition coefficient (Wildman–Crippen LogP) is 3.69. The van der Waals surface area contributed by atoms with Crippen molar-refractivity contribution in [1.29, 1.82) is 0 Å². The van der Waals surface area contributed by atoms with Crippen molar-refractivity contribution in [1.82, 2.24) is 14.9 Å². The monoisotopic (exact) mass is 397 g/mol. The second-order valence-electron chi connectivity index (χ2n) is 8.26. The molecule has 4 atom stereocenters. The van der Waals surface area contributed by atoms with Crippen LogP contribution < -0.4 is 14.8 Å². The van der Waals surface area contributed by atoms with Gasteiger partial charge >= 0.3 is 0 Å². The summed E-state index contributed by atoms with van der Waals surface area (Å²) in [5, 5.41) is 3.37. The zero-order valence-corrected chi connectivity index (χ0v) is 17.6. The molecule has 6 heteroatoms. The molecule has 0 spiro atoms. The molecule has 1 aromatic heterocycles. The Bertz CT molecular complexity index is 863. The molecule has 0 radical (unpaired) electrons. The number of ether oxygens (including phenoxy) is 2. The van der Waals surface area contributed by atoms with E-state index >= 15 is 0 Å². The van der Waals surface area contributed by atoms with Gasteiger partial charge in [0.25, 0.3) is 0 Å². The fourth-order valence-corrected chi connectivity index (χ4v) is 5.30. The van der Waals surface area contributed by atoms with Crippen molar-refractivity contribution >= 4 is 5.91 Å². The molecular weight excluding hydrogens is 366 g/mol. The number of nitrogens with one attached hydrogen (secondary N) is 1. The molecule has 1 amide bonds. The van der Waals surface area contributed by atoms with Gasteiger partial charge in [0.2, 0.25) is 5.91 Å². The minimum atomic E-state index is 0.123. The molecule has 6 nitrogen and oxygen atoms in total. The summed E-state index contributed by atoms with van der Waals surface area (Å²) < 4.78 is 12.9. The molecule has 1 aromatic carbocycles. The highest BCUT2D eigenvalue weighted by molar-refractivity contribution is 5.76. The van der Waals surface area contributed by atoms with Crippen molar-refractivity contribution in [3.8, 4) is 11.5 Å². The highest BCUT2D eigenvalue weighted by Gasteiger charge is 2.51. The van der Waals surface area contributed by atoms with Crippen LogP contribution in [0.5, 0.6) is 11.5 Å². The first kappa shape index (κ1) is 19.8. The molecule has 2 aliphatic rings. The average Bonchev–Trinajstić information content (AvgIpc) is 3.15. The zero-order chi connectivity index (χ0) is 20.4. The van der Waals surface area contributed by atoms with E-state index in [-0.39, 0.29) is 11.9 Å². The van der Waals surface area contributed by atoms with Gasteiger partial charge in [0.1, 0.15) is 5.82 Å². The lowest BCUT2D eigenvalue weighted by Gasteiger charge is -2.55. The van der Waals surface area contributed by atoms with Gasteiger partial charge in [0.05, 0.1) is 14.2 Å². The number of hydrogen-bond acceptors (Lipinski definition) is 4. The number of aromatic nitrogens is 2. The first-order chi connectivity index (χ1) is 14.1. The summed E-state index contributed by atoms with van der Waals surface area (Å²) in [5.41, 5.74) is 1.24. The Morgan fingerprint density at radius 3 is 2.62 bits per heavy atom. The van der Waals surface area contributed by atoms with Gasteiger partial charge in [-0.25, -0.2) is 4.98 Å². The van der Waals surface area contributed by atoms with Crippen LogP contribution >= 0.6 is 0 Å². The van der Waals surface area contributed by atoms with Crippen molar-refractivity contribution in [3.05, 3.63) is 42.0 Å². The third kappa shape index (κ3) is 3.85. The van der Waals surface area contributed by atoms with E-state index in [9.17, 15) is 4.79 Å². The van der Waals surface area contributed by atoms with Gasteiger partial charge in [-0.1, -0.05) is 18.9 Å². The standard InChI is InChI=1S/C23H31N3O3/c1-15-24-11-13-26(15)12-10-21(27)25-23-18-7-5-4-6-17(18)22(23)16-8-9-19(28-2)20(14-16)29-3/h8-9,11,13-14,17-18,22-23H,4-7,10,12H2,1-3H3,(H,25,27)/t17-,18+,22-,23-/m0/s1. The molecular formula is C23H31N3O3. The number of imidazole rings is 1. The quantitative estimate of drug-likeness (QED) is 0.774. The number of carbonyl (C=O) groups is 1. The van der Waals surface area contributed by atoms with Gasteiger partial charge in [-0.3, -0.25) is 4.79 Å². The Morgan fingerprint density at radius 1 is 1.17 bits per heavy atom. The summed E-state index contributed by atoms with van der Waals surface area (Å²) in [6, 6.07) is 6.40. The Balaban J connectivity index is 1.48. The predicted molar refractivity (Wildman–Crippen MR) is 111 cm³/mol. The third-order valence-electron chi connectivity index (χ3n) is 6.81. The van der Waals surface area contributed by atoms with Crippen molar-refractivity contribution in [2.75, 3.05) is 14.2 Å². The number of aryl methyl sites for hydroxylation is 2. The normalized spacial score (nSPS) is 25.6. The first-order valence-electron chi connectivity index (χ1n) is 10.6. The van der Waals surface area contributed by atoms with Gasteiger partial charge in [0.15, 0.2) is 11.5 Å². The molecule has 1 heterocycles. The fourth-order valence-electron chi connectivity index (χ4n) is 5.30. The Hall–Kier alpha value is -2.50. The van der Waals surface area contributed by atoms with E-state index in [1.54, 1.807) is 20.4 Å². The number of hydrogen-bond donors (Lipinski definition) is 1. The van der Waals surface area contributed by atoms with E-state index in [0.717, 1.165) is 17.3 Å². The molecule has 0 saturated heterocycles. The van der Waals surface area contributed by atoms with Crippen molar-refractivity contribution in [2.45, 2.75) is 57.5 Å². The number of nitrogens with zero attached hydrogens (tertiary/aromatic N) is 2. The van der Waals surface area contributed by atoms with E-state index in [1.165, 1.54) is 31.2 Å². The van der Waals surface area contributed by atoms with Crippen LogP contribution in [0.2, 0.25) is 0 Å². The van der Waals surface area contributed by atoms with Crippen LogP contribution in [0.25, 0.3) is 0 Å². The Kier molecular flexibility index (Phi) is 5.79. The van der Waals surface area contributed by atoms with Gasteiger partial charge in [-0.05, 0) is 49.3 Å². The van der Waals surface area contributed by atoms with Crippen LogP contribution in [-0.2, 0) is 11.3 Å². The molecule has 2 fully saturated rings. The smallest absolute Gasteiger partial charge is 0.222 e. The summed E-state index contributed by atoms with van der Waals surface area (Å²) in [7, 11) is 3.33. The van der Waals surface area contributed by atoms with Crippen molar-refractivity contribution < 1.29 is 14.3 Å². The number of amides is 1. The lowest BCUT2D eigenvalue weighted by Crippen LogP contribution is -2.59. The van der Waals surface area contributed by atoms with Gasteiger partial charge in [0, 0.05) is 37.3 Å². The van der Waals surface area contributed by atoms with Crippen LogP contribution in [0.4, 0.5) is 0 Å². The minimum Gasteiger partial charge on any atom is -0.493 e. The van der Waals surface area contributed by atoms with Crippen molar-refractivity contribution in [3.63, 3.8) is 0 Å². The maximum Gasteiger partial charge on any atom is 0.222 e. The molecule has 2 aliphatic carbocycles. The zero-order valence-electron chi connectivity index (χ0n) is 17.6. The summed E-state index contributed by atoms with van der Waals surface area (Å²) in [5.74, 6) is 4.13. The van der Waals surface area contributed by atoms with E-state index in [4.69, 9.17) is 9.47 Å². The molecule has 2 aromatic rings. The molecule has 156 valence electrons. The van der Waals surface area contributed by atoms with E-state index in [1.807, 2.05) is 23.8 Å². The molecule has 0 unspecified atom stereocenters. The summed E-state index contributed by atoms with van der Waals surface area (Å²) in [6.45, 7) is 2.63. The van der Waals surface area contributed by atoms with Gasteiger partial charge in [-0.2, -0.15) is 0 Å².